The van der Waals surface area contributed by atoms with Gasteiger partial charge in [-0.2, -0.15) is 8.78 Å². The minimum Gasteiger partial charge on any atom is -0.435 e. The summed E-state index contributed by atoms with van der Waals surface area (Å²) < 4.78 is 53.7. The number of hydrogen-bond donors (Lipinski definition) is 0. The van der Waals surface area contributed by atoms with Crippen LogP contribution < -0.4 is 14.5 Å². The lowest BCUT2D eigenvalue weighted by atomic mass is 9.78. The number of alkyl halides is 2. The van der Waals surface area contributed by atoms with Gasteiger partial charge in [-0.1, -0.05) is 19.6 Å². The first-order valence-corrected chi connectivity index (χ1v) is 13.6. The van der Waals surface area contributed by atoms with E-state index < -0.39 is 16.4 Å². The lowest BCUT2D eigenvalue weighted by Crippen LogP contribution is -2.33. The third-order valence-corrected chi connectivity index (χ3v) is 8.82. The van der Waals surface area contributed by atoms with Gasteiger partial charge in [-0.05, 0) is 61.4 Å². The van der Waals surface area contributed by atoms with Crippen molar-refractivity contribution in [3.63, 3.8) is 0 Å². The lowest BCUT2D eigenvalue weighted by Gasteiger charge is -2.32. The third-order valence-electron chi connectivity index (χ3n) is 7.17. The summed E-state index contributed by atoms with van der Waals surface area (Å²) in [4.78, 5) is 17.3. The van der Waals surface area contributed by atoms with Crippen LogP contribution in [0.25, 0.3) is 0 Å². The Kier molecular flexibility index (Phi) is 5.86. The highest BCUT2D eigenvalue weighted by atomic mass is 32.2. The zero-order chi connectivity index (χ0) is 25.0. The minimum absolute atomic E-state index is 0.0123. The van der Waals surface area contributed by atoms with Crippen LogP contribution in [0.2, 0.25) is 0 Å². The number of halogens is 2. The van der Waals surface area contributed by atoms with Gasteiger partial charge in [-0.3, -0.25) is 9.69 Å². The molecule has 1 saturated carbocycles. The molecule has 0 aromatic heterocycles. The van der Waals surface area contributed by atoms with Gasteiger partial charge in [0, 0.05) is 24.1 Å². The fourth-order valence-electron chi connectivity index (χ4n) is 4.99. The van der Waals surface area contributed by atoms with Gasteiger partial charge in [0.2, 0.25) is 0 Å². The first-order chi connectivity index (χ1) is 16.6. The van der Waals surface area contributed by atoms with Crippen LogP contribution in [0.15, 0.2) is 54.9 Å². The summed E-state index contributed by atoms with van der Waals surface area (Å²) in [7, 11) is -3.00. The van der Waals surface area contributed by atoms with E-state index in [1.807, 2.05) is 24.0 Å². The number of benzene rings is 2. The molecule has 2 heterocycles. The summed E-state index contributed by atoms with van der Waals surface area (Å²) in [6, 6.07) is 12.3. The van der Waals surface area contributed by atoms with Gasteiger partial charge in [0.1, 0.15) is 21.4 Å². The second kappa shape index (κ2) is 8.62. The zero-order valence-corrected chi connectivity index (χ0v) is 20.4. The molecule has 2 fully saturated rings. The molecule has 9 heteroatoms. The van der Waals surface area contributed by atoms with Crippen molar-refractivity contribution in [2.75, 3.05) is 21.3 Å². The smallest absolute Gasteiger partial charge is 0.387 e. The molecule has 1 aliphatic carbocycles. The average molecular weight is 503 g/mol. The molecule has 2 aliphatic heterocycles. The maximum absolute atomic E-state index is 13.3. The van der Waals surface area contributed by atoms with Crippen molar-refractivity contribution in [2.24, 2.45) is 5.41 Å². The Morgan fingerprint density at radius 3 is 2.51 bits per heavy atom. The van der Waals surface area contributed by atoms with Gasteiger partial charge >= 0.3 is 6.61 Å². The molecule has 6 nitrogen and oxygen atoms in total. The van der Waals surface area contributed by atoms with Crippen molar-refractivity contribution in [1.82, 2.24) is 0 Å². The number of anilines is 3. The molecule has 0 radical (unpaired) electrons. The maximum Gasteiger partial charge on any atom is 0.387 e. The van der Waals surface area contributed by atoms with Crippen LogP contribution in [-0.4, -0.2) is 38.4 Å². The van der Waals surface area contributed by atoms with E-state index in [1.54, 1.807) is 24.3 Å². The Bertz CT molecular complexity index is 1280. The average Bonchev–Trinajstić information content (AvgIpc) is 3.58. The van der Waals surface area contributed by atoms with Crippen LogP contribution in [0.5, 0.6) is 5.75 Å². The van der Waals surface area contributed by atoms with Gasteiger partial charge in [0.25, 0.3) is 0 Å². The molecule has 5 rings (SSSR count). The molecular formula is C26H28F2N2O4S. The first-order valence-electron chi connectivity index (χ1n) is 11.8. The van der Waals surface area contributed by atoms with Crippen molar-refractivity contribution in [3.05, 3.63) is 60.4 Å². The molecule has 2 aromatic carbocycles. The van der Waals surface area contributed by atoms with Gasteiger partial charge in [0.05, 0.1) is 28.6 Å². The number of Topliss-reactive ketones (excluding diaryl/α,β-unsaturated/α-hetero) is 1. The first kappa shape index (κ1) is 23.8. The van der Waals surface area contributed by atoms with Crippen LogP contribution in [0.1, 0.15) is 49.4 Å². The second-order valence-electron chi connectivity index (χ2n) is 9.99. The van der Waals surface area contributed by atoms with E-state index in [9.17, 15) is 22.0 Å². The van der Waals surface area contributed by atoms with E-state index in [0.717, 1.165) is 24.2 Å². The fraction of sp³-hybridized carbons (Fsp3) is 0.423. The van der Waals surface area contributed by atoms with E-state index in [4.69, 9.17) is 0 Å². The van der Waals surface area contributed by atoms with Crippen molar-refractivity contribution < 1.29 is 26.7 Å². The van der Waals surface area contributed by atoms with Crippen LogP contribution in [0.3, 0.4) is 0 Å². The predicted molar refractivity (Wildman–Crippen MR) is 131 cm³/mol. The molecule has 1 saturated heterocycles. The molecule has 2 aromatic rings. The molecular weight excluding hydrogens is 474 g/mol. The Balaban J connectivity index is 1.44. The Morgan fingerprint density at radius 2 is 1.86 bits per heavy atom. The highest BCUT2D eigenvalue weighted by Gasteiger charge is 2.41. The van der Waals surface area contributed by atoms with Crippen LogP contribution in [0, 0.1) is 5.41 Å². The number of fused-ring (bicyclic) bond motifs is 1. The maximum atomic E-state index is 13.3. The highest BCUT2D eigenvalue weighted by molar-refractivity contribution is 7.91. The number of nitrogens with zero attached hydrogens (tertiary/aromatic N) is 2. The summed E-state index contributed by atoms with van der Waals surface area (Å²) >= 11 is 0. The highest BCUT2D eigenvalue weighted by Crippen LogP contribution is 2.51. The van der Waals surface area contributed by atoms with Gasteiger partial charge in [0.15, 0.2) is 5.78 Å². The molecule has 0 bridgehead atoms. The van der Waals surface area contributed by atoms with Crippen molar-refractivity contribution in [2.45, 2.75) is 51.7 Å². The van der Waals surface area contributed by atoms with Crippen molar-refractivity contribution >= 4 is 32.7 Å². The SMILES string of the molecule is C=C1N(c2cccc(OC(F)F)c2)c2ccc(C(=O)CC3(C)CCS(=O)(=O)CC3)cc2N1C1CC1. The summed E-state index contributed by atoms with van der Waals surface area (Å²) in [5.41, 5.74) is 2.57. The van der Waals surface area contributed by atoms with E-state index >= 15 is 0 Å². The quantitative estimate of drug-likeness (QED) is 0.455. The number of carbonyl (C=O) groups is 1. The third kappa shape index (κ3) is 4.78. The number of hydrogen-bond acceptors (Lipinski definition) is 6. The van der Waals surface area contributed by atoms with E-state index in [-0.39, 0.29) is 34.5 Å². The Hall–Kier alpha value is -2.94. The zero-order valence-electron chi connectivity index (χ0n) is 19.5. The Morgan fingerprint density at radius 1 is 1.14 bits per heavy atom. The summed E-state index contributed by atoms with van der Waals surface area (Å²) in [6.07, 6.45) is 3.28. The van der Waals surface area contributed by atoms with Crippen LogP contribution in [-0.2, 0) is 9.84 Å². The number of ether oxygens (including phenoxy) is 1. The molecule has 0 N–H and O–H groups in total. The summed E-state index contributed by atoms with van der Waals surface area (Å²) in [6.45, 7) is 3.35. The molecule has 3 aliphatic rings. The standard InChI is InChI=1S/C26H28F2N2O4S/c1-17-29(19-7-8-19)23-14-18(24(31)16-26(2)10-12-35(32,33)13-11-26)6-9-22(23)30(17)20-4-3-5-21(15-20)34-25(27)28/h3-6,9,14-15,19,25H,1,7-8,10-13,16H2,2H3. The van der Waals surface area contributed by atoms with Crippen molar-refractivity contribution in [1.29, 1.82) is 0 Å². The van der Waals surface area contributed by atoms with E-state index in [2.05, 4.69) is 16.2 Å². The predicted octanol–water partition coefficient (Wildman–Crippen LogP) is 5.67. The number of sulfone groups is 1. The largest absolute Gasteiger partial charge is 0.435 e. The van der Waals surface area contributed by atoms with Gasteiger partial charge in [-0.15, -0.1) is 0 Å². The fourth-order valence-corrected chi connectivity index (χ4v) is 6.80. The molecule has 0 spiro atoms. The van der Waals surface area contributed by atoms with Crippen LogP contribution >= 0.6 is 0 Å². The summed E-state index contributed by atoms with van der Waals surface area (Å²) in [5.74, 6) is 0.998. The van der Waals surface area contributed by atoms with E-state index in [1.165, 1.54) is 6.07 Å². The van der Waals surface area contributed by atoms with E-state index in [0.29, 0.717) is 36.3 Å². The Labute approximate surface area is 204 Å². The van der Waals surface area contributed by atoms with Gasteiger partial charge in [-0.25, -0.2) is 8.42 Å². The second-order valence-corrected chi connectivity index (χ2v) is 12.3. The number of carbonyl (C=O) groups excluding carboxylic acids is 1. The summed E-state index contributed by atoms with van der Waals surface area (Å²) in [5, 5.41) is 0. The monoisotopic (exact) mass is 502 g/mol. The molecule has 186 valence electrons. The van der Waals surface area contributed by atoms with Gasteiger partial charge < -0.3 is 9.64 Å². The van der Waals surface area contributed by atoms with Crippen LogP contribution in [0.4, 0.5) is 25.8 Å². The number of rotatable bonds is 7. The lowest BCUT2D eigenvalue weighted by molar-refractivity contribution is -0.0498. The topological polar surface area (TPSA) is 66.9 Å². The van der Waals surface area contributed by atoms with Crippen molar-refractivity contribution in [3.8, 4) is 5.75 Å². The molecule has 35 heavy (non-hydrogen) atoms. The number of ketones is 1. The molecule has 0 amide bonds. The molecule has 0 unspecified atom stereocenters. The molecule has 0 atom stereocenters. The normalized spacial score (nSPS) is 20.7. The minimum atomic E-state index is -3.00.